The maximum absolute atomic E-state index is 13.4. The molecule has 0 aliphatic rings. The zero-order chi connectivity index (χ0) is 11.5. The van der Waals surface area contributed by atoms with Crippen molar-refractivity contribution in [3.63, 3.8) is 0 Å². The maximum Gasteiger partial charge on any atom is 0.187 e. The smallest absolute Gasteiger partial charge is 0.187 e. The molecular weight excluding hydrogens is 209 g/mol. The molecule has 16 heavy (non-hydrogen) atoms. The van der Waals surface area contributed by atoms with Gasteiger partial charge in [0.2, 0.25) is 0 Å². The van der Waals surface area contributed by atoms with E-state index in [-0.39, 0.29) is 11.5 Å². The number of hydrazine groups is 1. The molecule has 0 unspecified atom stereocenters. The number of nitrogen functional groups attached to an aromatic ring is 1. The van der Waals surface area contributed by atoms with E-state index < -0.39 is 5.82 Å². The molecule has 0 amide bonds. The van der Waals surface area contributed by atoms with Crippen LogP contribution >= 0.6 is 0 Å². The van der Waals surface area contributed by atoms with Gasteiger partial charge >= 0.3 is 0 Å². The van der Waals surface area contributed by atoms with Crippen LogP contribution in [0.15, 0.2) is 24.5 Å². The van der Waals surface area contributed by atoms with Gasteiger partial charge < -0.3 is 5.43 Å². The summed E-state index contributed by atoms with van der Waals surface area (Å²) >= 11 is 0. The van der Waals surface area contributed by atoms with Gasteiger partial charge in [-0.25, -0.2) is 20.2 Å². The Labute approximate surface area is 91.5 Å². The molecule has 82 valence electrons. The number of anilines is 1. The highest BCUT2D eigenvalue weighted by atomic mass is 19.1. The molecule has 0 saturated carbocycles. The fourth-order valence-corrected chi connectivity index (χ4v) is 1.28. The minimum absolute atomic E-state index is 0.0145. The van der Waals surface area contributed by atoms with Gasteiger partial charge in [-0.2, -0.15) is 0 Å². The van der Waals surface area contributed by atoms with Crippen LogP contribution in [0, 0.1) is 12.7 Å². The number of nitrogens with two attached hydrogens (primary N) is 1. The summed E-state index contributed by atoms with van der Waals surface area (Å²) in [7, 11) is 0. The third-order valence-electron chi connectivity index (χ3n) is 2.09. The highest BCUT2D eigenvalue weighted by Gasteiger charge is 2.11. The molecule has 0 spiro atoms. The summed E-state index contributed by atoms with van der Waals surface area (Å²) in [5.41, 5.74) is 3.21. The van der Waals surface area contributed by atoms with Crippen molar-refractivity contribution in [1.29, 1.82) is 0 Å². The summed E-state index contributed by atoms with van der Waals surface area (Å²) in [5, 5.41) is 0. The Balaban J connectivity index is 2.55. The van der Waals surface area contributed by atoms with Crippen LogP contribution in [-0.4, -0.2) is 15.0 Å². The standard InChI is InChI=1S/C10H10FN5/c1-6-8(11)10(16-12)15-9(14-6)7-2-4-13-5-3-7/h2-5H,12H2,1H3,(H,14,15,16). The predicted molar refractivity (Wildman–Crippen MR) is 57.8 cm³/mol. The maximum atomic E-state index is 13.4. The van der Waals surface area contributed by atoms with E-state index in [0.29, 0.717) is 5.82 Å². The molecule has 0 radical (unpaired) electrons. The first-order chi connectivity index (χ1) is 7.72. The van der Waals surface area contributed by atoms with Gasteiger partial charge in [-0.3, -0.25) is 4.98 Å². The second kappa shape index (κ2) is 4.19. The zero-order valence-electron chi connectivity index (χ0n) is 8.61. The topological polar surface area (TPSA) is 76.7 Å². The van der Waals surface area contributed by atoms with Crippen molar-refractivity contribution in [2.75, 3.05) is 5.43 Å². The third kappa shape index (κ3) is 1.82. The highest BCUT2D eigenvalue weighted by Crippen LogP contribution is 2.19. The van der Waals surface area contributed by atoms with Gasteiger partial charge in [0.15, 0.2) is 17.5 Å². The Bertz CT molecular complexity index is 500. The summed E-state index contributed by atoms with van der Waals surface area (Å²) < 4.78 is 13.4. The summed E-state index contributed by atoms with van der Waals surface area (Å²) in [6.07, 6.45) is 3.24. The van der Waals surface area contributed by atoms with Gasteiger partial charge in [-0.05, 0) is 19.1 Å². The lowest BCUT2D eigenvalue weighted by Gasteiger charge is -2.06. The van der Waals surface area contributed by atoms with Crippen molar-refractivity contribution in [1.82, 2.24) is 15.0 Å². The number of pyridine rings is 1. The van der Waals surface area contributed by atoms with E-state index in [1.807, 2.05) is 0 Å². The average molecular weight is 219 g/mol. The summed E-state index contributed by atoms with van der Waals surface area (Å²) in [6, 6.07) is 3.49. The molecule has 0 aliphatic heterocycles. The van der Waals surface area contributed by atoms with E-state index in [4.69, 9.17) is 5.84 Å². The van der Waals surface area contributed by atoms with Crippen LogP contribution < -0.4 is 11.3 Å². The Morgan fingerprint density at radius 1 is 1.25 bits per heavy atom. The number of nitrogens with one attached hydrogen (secondary N) is 1. The van der Waals surface area contributed by atoms with E-state index in [9.17, 15) is 4.39 Å². The Morgan fingerprint density at radius 2 is 1.94 bits per heavy atom. The minimum atomic E-state index is -0.541. The predicted octanol–water partition coefficient (Wildman–Crippen LogP) is 1.27. The lowest BCUT2D eigenvalue weighted by atomic mass is 10.2. The van der Waals surface area contributed by atoms with Crippen molar-refractivity contribution in [2.24, 2.45) is 5.84 Å². The van der Waals surface area contributed by atoms with Gasteiger partial charge in [-0.15, -0.1) is 0 Å². The van der Waals surface area contributed by atoms with Gasteiger partial charge in [0.1, 0.15) is 0 Å². The average Bonchev–Trinajstić information content (AvgIpc) is 2.33. The lowest BCUT2D eigenvalue weighted by Crippen LogP contribution is -2.13. The number of hydrogen-bond acceptors (Lipinski definition) is 5. The summed E-state index contributed by atoms with van der Waals surface area (Å²) in [4.78, 5) is 11.9. The monoisotopic (exact) mass is 219 g/mol. The number of halogens is 1. The zero-order valence-corrected chi connectivity index (χ0v) is 8.61. The fraction of sp³-hybridized carbons (Fsp3) is 0.100. The molecule has 0 atom stereocenters. The first-order valence-corrected chi connectivity index (χ1v) is 4.63. The van der Waals surface area contributed by atoms with E-state index in [1.54, 1.807) is 31.5 Å². The molecule has 0 aliphatic carbocycles. The van der Waals surface area contributed by atoms with Crippen molar-refractivity contribution in [3.8, 4) is 11.4 Å². The molecule has 0 saturated heterocycles. The van der Waals surface area contributed by atoms with E-state index >= 15 is 0 Å². The summed E-state index contributed by atoms with van der Waals surface area (Å²) in [5.74, 6) is 5.03. The Hall–Kier alpha value is -2.08. The van der Waals surface area contributed by atoms with E-state index in [2.05, 4.69) is 20.4 Å². The lowest BCUT2D eigenvalue weighted by molar-refractivity contribution is 0.606. The van der Waals surface area contributed by atoms with E-state index in [1.165, 1.54) is 0 Å². The molecule has 5 nitrogen and oxygen atoms in total. The normalized spacial score (nSPS) is 10.2. The fourth-order valence-electron chi connectivity index (χ4n) is 1.28. The van der Waals surface area contributed by atoms with Crippen molar-refractivity contribution < 1.29 is 4.39 Å². The van der Waals surface area contributed by atoms with Gasteiger partial charge in [-0.1, -0.05) is 0 Å². The molecular formula is C10H10FN5. The first-order valence-electron chi connectivity index (χ1n) is 4.63. The molecule has 2 heterocycles. The van der Waals surface area contributed by atoms with E-state index in [0.717, 1.165) is 5.56 Å². The molecule has 2 aromatic heterocycles. The summed E-state index contributed by atoms with van der Waals surface area (Å²) in [6.45, 7) is 1.56. The van der Waals surface area contributed by atoms with Crippen LogP contribution in [0.4, 0.5) is 10.2 Å². The SMILES string of the molecule is Cc1nc(-c2ccncc2)nc(NN)c1F. The van der Waals surface area contributed by atoms with Gasteiger partial charge in [0.25, 0.3) is 0 Å². The molecule has 0 bridgehead atoms. The minimum Gasteiger partial charge on any atom is -0.306 e. The van der Waals surface area contributed by atoms with Crippen molar-refractivity contribution in [3.05, 3.63) is 36.0 Å². The quantitative estimate of drug-likeness (QED) is 0.587. The largest absolute Gasteiger partial charge is 0.306 e. The number of hydrogen-bond donors (Lipinski definition) is 2. The van der Waals surface area contributed by atoms with Crippen LogP contribution in [0.2, 0.25) is 0 Å². The molecule has 2 rings (SSSR count). The number of nitrogens with zero attached hydrogens (tertiary/aromatic N) is 3. The Morgan fingerprint density at radius 3 is 2.56 bits per heavy atom. The van der Waals surface area contributed by atoms with Gasteiger partial charge in [0, 0.05) is 18.0 Å². The first kappa shape index (κ1) is 10.4. The Kier molecular flexibility index (Phi) is 2.74. The van der Waals surface area contributed by atoms with Crippen molar-refractivity contribution >= 4 is 5.82 Å². The number of aromatic nitrogens is 3. The van der Waals surface area contributed by atoms with Crippen LogP contribution in [0.1, 0.15) is 5.69 Å². The third-order valence-corrected chi connectivity index (χ3v) is 2.09. The molecule has 3 N–H and O–H groups in total. The molecule has 6 heteroatoms. The van der Waals surface area contributed by atoms with Crippen LogP contribution in [-0.2, 0) is 0 Å². The molecule has 0 fully saturated rings. The van der Waals surface area contributed by atoms with Crippen LogP contribution in [0.5, 0.6) is 0 Å². The highest BCUT2D eigenvalue weighted by molar-refractivity contribution is 5.56. The second-order valence-corrected chi connectivity index (χ2v) is 3.18. The van der Waals surface area contributed by atoms with Crippen LogP contribution in [0.25, 0.3) is 11.4 Å². The number of aryl methyl sites for hydroxylation is 1. The van der Waals surface area contributed by atoms with Crippen LogP contribution in [0.3, 0.4) is 0 Å². The van der Waals surface area contributed by atoms with Gasteiger partial charge in [0.05, 0.1) is 5.69 Å². The second-order valence-electron chi connectivity index (χ2n) is 3.18. The molecule has 0 aromatic carbocycles. The molecule has 2 aromatic rings. The number of rotatable bonds is 2. The van der Waals surface area contributed by atoms with Crippen molar-refractivity contribution in [2.45, 2.75) is 6.92 Å².